The molecule has 0 aliphatic rings. The number of hydrogen-bond acceptors (Lipinski definition) is 3. The van der Waals surface area contributed by atoms with Crippen molar-refractivity contribution in [2.45, 2.75) is 6.61 Å². The summed E-state index contributed by atoms with van der Waals surface area (Å²) < 4.78 is 5.15. The number of benzene rings is 2. The van der Waals surface area contributed by atoms with Gasteiger partial charge in [-0.3, -0.25) is 5.32 Å². The van der Waals surface area contributed by atoms with Crippen molar-refractivity contribution in [2.24, 2.45) is 0 Å². The predicted octanol–water partition coefficient (Wildman–Crippen LogP) is 3.31. The summed E-state index contributed by atoms with van der Waals surface area (Å²) in [7, 11) is 0. The normalized spacial score (nSPS) is 10.4. The summed E-state index contributed by atoms with van der Waals surface area (Å²) in [4.78, 5) is 18.8. The molecule has 100 valence electrons. The number of hydrogen-bond donors (Lipinski definition) is 2. The van der Waals surface area contributed by atoms with E-state index in [1.165, 1.54) is 0 Å². The Morgan fingerprint density at radius 3 is 2.90 bits per heavy atom. The Hall–Kier alpha value is -2.82. The van der Waals surface area contributed by atoms with Gasteiger partial charge in [0.25, 0.3) is 0 Å². The van der Waals surface area contributed by atoms with Gasteiger partial charge in [-0.2, -0.15) is 0 Å². The van der Waals surface area contributed by atoms with Crippen LogP contribution in [0.1, 0.15) is 5.56 Å². The third-order valence-electron chi connectivity index (χ3n) is 2.88. The zero-order chi connectivity index (χ0) is 13.8. The number of nitrogens with one attached hydrogen (secondary N) is 2. The van der Waals surface area contributed by atoms with Crippen molar-refractivity contribution in [3.63, 3.8) is 0 Å². The second-order valence-corrected chi connectivity index (χ2v) is 4.32. The number of nitrogens with zero attached hydrogens (tertiary/aromatic N) is 1. The number of carbonyl (C=O) groups is 1. The van der Waals surface area contributed by atoms with E-state index in [4.69, 9.17) is 4.74 Å². The number of aromatic amines is 1. The summed E-state index contributed by atoms with van der Waals surface area (Å²) in [5.41, 5.74) is 3.34. The highest BCUT2D eigenvalue weighted by atomic mass is 16.5. The van der Waals surface area contributed by atoms with Crippen LogP contribution < -0.4 is 5.32 Å². The maximum Gasteiger partial charge on any atom is 0.411 e. The molecule has 3 rings (SSSR count). The number of rotatable bonds is 3. The first kappa shape index (κ1) is 12.2. The largest absolute Gasteiger partial charge is 0.444 e. The summed E-state index contributed by atoms with van der Waals surface area (Å²) >= 11 is 0. The van der Waals surface area contributed by atoms with Gasteiger partial charge in [0.15, 0.2) is 0 Å². The van der Waals surface area contributed by atoms with E-state index in [-0.39, 0.29) is 6.61 Å². The van der Waals surface area contributed by atoms with Gasteiger partial charge in [-0.15, -0.1) is 0 Å². The van der Waals surface area contributed by atoms with Crippen molar-refractivity contribution in [1.29, 1.82) is 0 Å². The molecule has 0 saturated carbocycles. The second kappa shape index (κ2) is 5.44. The number of carbonyl (C=O) groups excluding carboxylic acids is 1. The molecule has 0 bridgehead atoms. The quantitative estimate of drug-likeness (QED) is 0.765. The average molecular weight is 267 g/mol. The van der Waals surface area contributed by atoms with Gasteiger partial charge in [0, 0.05) is 5.69 Å². The Bertz CT molecular complexity index is 722. The first-order chi connectivity index (χ1) is 9.81. The van der Waals surface area contributed by atoms with Crippen LogP contribution in [0.2, 0.25) is 0 Å². The van der Waals surface area contributed by atoms with Gasteiger partial charge in [0.1, 0.15) is 6.61 Å². The molecule has 0 unspecified atom stereocenters. The first-order valence-corrected chi connectivity index (χ1v) is 6.22. The van der Waals surface area contributed by atoms with Crippen molar-refractivity contribution < 1.29 is 9.53 Å². The van der Waals surface area contributed by atoms with E-state index < -0.39 is 6.09 Å². The number of anilines is 1. The number of amides is 1. The summed E-state index contributed by atoms with van der Waals surface area (Å²) in [5.74, 6) is 0. The van der Waals surface area contributed by atoms with Crippen molar-refractivity contribution in [2.75, 3.05) is 5.32 Å². The monoisotopic (exact) mass is 267 g/mol. The minimum Gasteiger partial charge on any atom is -0.444 e. The van der Waals surface area contributed by atoms with Gasteiger partial charge < -0.3 is 9.72 Å². The lowest BCUT2D eigenvalue weighted by atomic mass is 10.2. The van der Waals surface area contributed by atoms with Gasteiger partial charge in [0.2, 0.25) is 0 Å². The van der Waals surface area contributed by atoms with Crippen molar-refractivity contribution >= 4 is 22.8 Å². The van der Waals surface area contributed by atoms with Gasteiger partial charge in [-0.05, 0) is 23.8 Å². The molecule has 0 aliphatic heterocycles. The molecule has 1 heterocycles. The van der Waals surface area contributed by atoms with E-state index in [0.29, 0.717) is 5.69 Å². The van der Waals surface area contributed by atoms with Gasteiger partial charge in [0.05, 0.1) is 17.4 Å². The molecular weight excluding hydrogens is 254 g/mol. The SMILES string of the molecule is O=C(Nc1ccc2nc[nH]c2c1)OCc1ccccc1. The first-order valence-electron chi connectivity index (χ1n) is 6.22. The standard InChI is InChI=1S/C15H13N3O2/c19-15(20-9-11-4-2-1-3-5-11)18-12-6-7-13-14(8-12)17-10-16-13/h1-8,10H,9H2,(H,16,17)(H,18,19). The molecule has 0 spiro atoms. The third-order valence-corrected chi connectivity index (χ3v) is 2.88. The molecule has 0 radical (unpaired) electrons. The Labute approximate surface area is 115 Å². The molecule has 0 fully saturated rings. The average Bonchev–Trinajstić information content (AvgIpc) is 2.94. The highest BCUT2D eigenvalue weighted by molar-refractivity contribution is 5.88. The zero-order valence-electron chi connectivity index (χ0n) is 10.7. The van der Waals surface area contributed by atoms with Crippen LogP contribution >= 0.6 is 0 Å². The molecule has 3 aromatic rings. The van der Waals surface area contributed by atoms with E-state index >= 15 is 0 Å². The molecule has 2 N–H and O–H groups in total. The smallest absolute Gasteiger partial charge is 0.411 e. The number of ether oxygens (including phenoxy) is 1. The lowest BCUT2D eigenvalue weighted by Crippen LogP contribution is -2.13. The maximum atomic E-state index is 11.7. The summed E-state index contributed by atoms with van der Waals surface area (Å²) in [6.45, 7) is 0.249. The Kier molecular flexibility index (Phi) is 3.33. The summed E-state index contributed by atoms with van der Waals surface area (Å²) in [5, 5.41) is 2.69. The van der Waals surface area contributed by atoms with E-state index in [9.17, 15) is 4.79 Å². The van der Waals surface area contributed by atoms with Crippen LogP contribution in [0.5, 0.6) is 0 Å². The van der Waals surface area contributed by atoms with E-state index in [1.807, 2.05) is 42.5 Å². The Morgan fingerprint density at radius 1 is 1.20 bits per heavy atom. The van der Waals surface area contributed by atoms with Crippen LogP contribution in [0, 0.1) is 0 Å². The van der Waals surface area contributed by atoms with Crippen LogP contribution in [0.25, 0.3) is 11.0 Å². The van der Waals surface area contributed by atoms with Crippen LogP contribution in [0.3, 0.4) is 0 Å². The molecule has 5 nitrogen and oxygen atoms in total. The fourth-order valence-corrected chi connectivity index (χ4v) is 1.89. The lowest BCUT2D eigenvalue weighted by Gasteiger charge is -2.07. The molecule has 0 atom stereocenters. The lowest BCUT2D eigenvalue weighted by molar-refractivity contribution is 0.155. The maximum absolute atomic E-state index is 11.7. The van der Waals surface area contributed by atoms with Crippen molar-refractivity contribution in [1.82, 2.24) is 9.97 Å². The van der Waals surface area contributed by atoms with Gasteiger partial charge in [-0.1, -0.05) is 30.3 Å². The van der Waals surface area contributed by atoms with Crippen LogP contribution in [-0.2, 0) is 11.3 Å². The molecule has 1 aromatic heterocycles. The minimum absolute atomic E-state index is 0.249. The van der Waals surface area contributed by atoms with Crippen LogP contribution in [-0.4, -0.2) is 16.1 Å². The Balaban J connectivity index is 1.61. The van der Waals surface area contributed by atoms with Crippen LogP contribution in [0.4, 0.5) is 10.5 Å². The Morgan fingerprint density at radius 2 is 2.05 bits per heavy atom. The predicted molar refractivity (Wildman–Crippen MR) is 76.3 cm³/mol. The number of H-pyrrole nitrogens is 1. The highest BCUT2D eigenvalue weighted by Crippen LogP contribution is 2.15. The van der Waals surface area contributed by atoms with Crippen molar-refractivity contribution in [3.8, 4) is 0 Å². The molecule has 5 heteroatoms. The topological polar surface area (TPSA) is 67.0 Å². The fourth-order valence-electron chi connectivity index (χ4n) is 1.89. The molecule has 1 amide bonds. The number of aromatic nitrogens is 2. The molecule has 0 aliphatic carbocycles. The van der Waals surface area contributed by atoms with Gasteiger partial charge >= 0.3 is 6.09 Å². The van der Waals surface area contributed by atoms with Gasteiger partial charge in [-0.25, -0.2) is 9.78 Å². The highest BCUT2D eigenvalue weighted by Gasteiger charge is 2.05. The number of fused-ring (bicyclic) bond motifs is 1. The van der Waals surface area contributed by atoms with Crippen molar-refractivity contribution in [3.05, 3.63) is 60.4 Å². The molecule has 2 aromatic carbocycles. The molecule has 20 heavy (non-hydrogen) atoms. The van der Waals surface area contributed by atoms with E-state index in [2.05, 4.69) is 15.3 Å². The minimum atomic E-state index is -0.479. The molecule has 0 saturated heterocycles. The summed E-state index contributed by atoms with van der Waals surface area (Å²) in [6, 6.07) is 15.0. The van der Waals surface area contributed by atoms with E-state index in [0.717, 1.165) is 16.6 Å². The van der Waals surface area contributed by atoms with Crippen LogP contribution in [0.15, 0.2) is 54.9 Å². The molecular formula is C15H13N3O2. The fraction of sp³-hybridized carbons (Fsp3) is 0.0667. The zero-order valence-corrected chi connectivity index (χ0v) is 10.7. The summed E-state index contributed by atoms with van der Waals surface area (Å²) in [6.07, 6.45) is 1.13. The second-order valence-electron chi connectivity index (χ2n) is 4.32. The van der Waals surface area contributed by atoms with E-state index in [1.54, 1.807) is 12.4 Å². The number of imidazole rings is 1. The third kappa shape index (κ3) is 2.77.